The number of piperidine rings is 1. The average molecular weight is 447 g/mol. The van der Waals surface area contributed by atoms with Gasteiger partial charge in [-0.15, -0.1) is 0 Å². The fourth-order valence-electron chi connectivity index (χ4n) is 5.15. The van der Waals surface area contributed by atoms with Crippen molar-refractivity contribution in [3.63, 3.8) is 0 Å². The summed E-state index contributed by atoms with van der Waals surface area (Å²) in [6, 6.07) is 6.27. The molecule has 6 nitrogen and oxygen atoms in total. The quantitative estimate of drug-likeness (QED) is 0.695. The molecule has 2 fully saturated rings. The molecule has 1 aliphatic carbocycles. The molecular weight excluding hydrogens is 412 g/mol. The number of rotatable bonds is 5. The van der Waals surface area contributed by atoms with Gasteiger partial charge in [-0.2, -0.15) is 0 Å². The van der Waals surface area contributed by atoms with Crippen LogP contribution in [0.1, 0.15) is 71.8 Å². The molecule has 1 saturated carbocycles. The third kappa shape index (κ3) is 4.66. The summed E-state index contributed by atoms with van der Waals surface area (Å²) in [7, 11) is 0. The summed E-state index contributed by atoms with van der Waals surface area (Å²) in [5.41, 5.74) is 5.65. The van der Waals surface area contributed by atoms with E-state index in [0.717, 1.165) is 60.8 Å². The van der Waals surface area contributed by atoms with Crippen molar-refractivity contribution in [2.24, 2.45) is 5.92 Å². The first-order valence-corrected chi connectivity index (χ1v) is 12.4. The highest BCUT2D eigenvalue weighted by molar-refractivity contribution is 5.95. The Bertz CT molecular complexity index is 1090. The van der Waals surface area contributed by atoms with Crippen LogP contribution in [-0.4, -0.2) is 46.3 Å². The van der Waals surface area contributed by atoms with Crippen LogP contribution in [0.4, 0.5) is 5.82 Å². The number of amides is 2. The van der Waals surface area contributed by atoms with Crippen LogP contribution < -0.4 is 4.90 Å². The van der Waals surface area contributed by atoms with Crippen molar-refractivity contribution in [1.29, 1.82) is 0 Å². The van der Waals surface area contributed by atoms with Crippen LogP contribution in [0.5, 0.6) is 0 Å². The van der Waals surface area contributed by atoms with Gasteiger partial charge in [-0.1, -0.05) is 18.2 Å². The first-order valence-electron chi connectivity index (χ1n) is 12.4. The summed E-state index contributed by atoms with van der Waals surface area (Å²) in [4.78, 5) is 39.5. The largest absolute Gasteiger partial charge is 0.342 e. The van der Waals surface area contributed by atoms with Crippen LogP contribution in [0.25, 0.3) is 0 Å². The van der Waals surface area contributed by atoms with Crippen LogP contribution >= 0.6 is 0 Å². The molecule has 2 aliphatic heterocycles. The second kappa shape index (κ2) is 8.88. The molecule has 3 heterocycles. The van der Waals surface area contributed by atoms with Gasteiger partial charge in [0.2, 0.25) is 11.8 Å². The van der Waals surface area contributed by atoms with Gasteiger partial charge in [0.15, 0.2) is 0 Å². The molecule has 6 heteroatoms. The van der Waals surface area contributed by atoms with Gasteiger partial charge in [-0.25, -0.2) is 9.97 Å². The number of likely N-dealkylation sites (tertiary alicyclic amines) is 1. The van der Waals surface area contributed by atoms with Crippen LogP contribution in [0.3, 0.4) is 0 Å². The number of aryl methyl sites for hydroxylation is 3. The van der Waals surface area contributed by atoms with Crippen molar-refractivity contribution in [2.75, 3.05) is 24.5 Å². The van der Waals surface area contributed by atoms with E-state index in [0.29, 0.717) is 25.3 Å². The van der Waals surface area contributed by atoms with E-state index < -0.39 is 0 Å². The van der Waals surface area contributed by atoms with Crippen molar-refractivity contribution in [2.45, 2.75) is 71.6 Å². The molecule has 5 rings (SSSR count). The highest BCUT2D eigenvalue weighted by Gasteiger charge is 2.34. The highest BCUT2D eigenvalue weighted by atomic mass is 16.2. The standard InChI is InChI=1S/C27H34N4O2/c1-17-6-7-21(13-18(17)2)14-25(33)30-12-4-5-22(16-30)26-28-19(3)23-10-11-24(32)31(27(23)29-26)15-20-8-9-20/h6-7,13,20,22H,4-5,8-12,14-16H2,1-3H3. The van der Waals surface area contributed by atoms with Gasteiger partial charge in [-0.05, 0) is 75.5 Å². The second-order valence-electron chi connectivity index (χ2n) is 10.2. The number of nitrogens with zero attached hydrogens (tertiary/aromatic N) is 4. The summed E-state index contributed by atoms with van der Waals surface area (Å²) in [5.74, 6) is 2.72. The predicted octanol–water partition coefficient (Wildman–Crippen LogP) is 4.04. The number of carbonyl (C=O) groups excluding carboxylic acids is 2. The zero-order valence-corrected chi connectivity index (χ0v) is 20.1. The lowest BCUT2D eigenvalue weighted by Crippen LogP contribution is -2.41. The Morgan fingerprint density at radius 2 is 1.88 bits per heavy atom. The topological polar surface area (TPSA) is 66.4 Å². The molecule has 1 unspecified atom stereocenters. The molecular formula is C27H34N4O2. The summed E-state index contributed by atoms with van der Waals surface area (Å²) in [5, 5.41) is 0. The number of carbonyl (C=O) groups is 2. The molecule has 0 bridgehead atoms. The van der Waals surface area contributed by atoms with Gasteiger partial charge in [0.1, 0.15) is 11.6 Å². The van der Waals surface area contributed by atoms with Crippen molar-refractivity contribution in [3.8, 4) is 0 Å². The molecule has 174 valence electrons. The van der Waals surface area contributed by atoms with Gasteiger partial charge in [0.25, 0.3) is 0 Å². The Kier molecular flexibility index (Phi) is 5.94. The molecule has 0 radical (unpaired) electrons. The van der Waals surface area contributed by atoms with Crippen LogP contribution in [-0.2, 0) is 22.4 Å². The van der Waals surface area contributed by atoms with E-state index in [1.54, 1.807) is 0 Å². The lowest BCUT2D eigenvalue weighted by molar-refractivity contribution is -0.131. The number of hydrogen-bond acceptors (Lipinski definition) is 4. The Balaban J connectivity index is 1.34. The maximum atomic E-state index is 13.1. The van der Waals surface area contributed by atoms with Gasteiger partial charge in [0, 0.05) is 43.2 Å². The monoisotopic (exact) mass is 446 g/mol. The van der Waals surface area contributed by atoms with Crippen LogP contribution in [0.2, 0.25) is 0 Å². The average Bonchev–Trinajstić information content (AvgIpc) is 3.62. The summed E-state index contributed by atoms with van der Waals surface area (Å²) < 4.78 is 0. The molecule has 1 aromatic carbocycles. The Labute approximate surface area is 196 Å². The van der Waals surface area contributed by atoms with E-state index in [1.165, 1.54) is 24.0 Å². The number of anilines is 1. The van der Waals surface area contributed by atoms with Crippen molar-refractivity contribution >= 4 is 17.6 Å². The van der Waals surface area contributed by atoms with Crippen molar-refractivity contribution < 1.29 is 9.59 Å². The van der Waals surface area contributed by atoms with Gasteiger partial charge < -0.3 is 4.90 Å². The predicted molar refractivity (Wildman–Crippen MR) is 128 cm³/mol. The fourth-order valence-corrected chi connectivity index (χ4v) is 5.15. The number of fused-ring (bicyclic) bond motifs is 1. The Morgan fingerprint density at radius 3 is 2.64 bits per heavy atom. The molecule has 0 spiro atoms. The maximum absolute atomic E-state index is 13.1. The minimum absolute atomic E-state index is 0.117. The first-order chi connectivity index (χ1) is 15.9. The number of benzene rings is 1. The fraction of sp³-hybridized carbons (Fsp3) is 0.556. The lowest BCUT2D eigenvalue weighted by atomic mass is 9.95. The van der Waals surface area contributed by atoms with E-state index >= 15 is 0 Å². The minimum atomic E-state index is 0.117. The second-order valence-corrected chi connectivity index (χ2v) is 10.2. The first kappa shape index (κ1) is 22.1. The van der Waals surface area contributed by atoms with Crippen molar-refractivity contribution in [3.05, 3.63) is 52.0 Å². The van der Waals surface area contributed by atoms with Crippen LogP contribution in [0, 0.1) is 26.7 Å². The molecule has 1 atom stereocenters. The number of aromatic nitrogens is 2. The lowest BCUT2D eigenvalue weighted by Gasteiger charge is -2.34. The van der Waals surface area contributed by atoms with Gasteiger partial charge >= 0.3 is 0 Å². The van der Waals surface area contributed by atoms with E-state index in [9.17, 15) is 9.59 Å². The highest BCUT2D eigenvalue weighted by Crippen LogP contribution is 2.36. The zero-order valence-electron chi connectivity index (χ0n) is 20.1. The zero-order chi connectivity index (χ0) is 23.1. The summed E-state index contributed by atoms with van der Waals surface area (Å²) >= 11 is 0. The van der Waals surface area contributed by atoms with E-state index in [2.05, 4.69) is 32.0 Å². The molecule has 0 N–H and O–H groups in total. The normalized spacial score (nSPS) is 20.7. The molecule has 3 aliphatic rings. The SMILES string of the molecule is Cc1ccc(CC(=O)N2CCCC(c3nc(C)c4c(n3)N(CC3CC3)C(=O)CC4)C2)cc1C. The molecule has 1 saturated heterocycles. The third-order valence-electron chi connectivity index (χ3n) is 7.56. The van der Waals surface area contributed by atoms with E-state index in [-0.39, 0.29) is 17.7 Å². The van der Waals surface area contributed by atoms with Gasteiger partial charge in [-0.3, -0.25) is 14.5 Å². The third-order valence-corrected chi connectivity index (χ3v) is 7.56. The Hall–Kier alpha value is -2.76. The smallest absolute Gasteiger partial charge is 0.228 e. The minimum Gasteiger partial charge on any atom is -0.342 e. The summed E-state index contributed by atoms with van der Waals surface area (Å²) in [6.07, 6.45) is 6.05. The molecule has 2 amide bonds. The molecule has 1 aromatic heterocycles. The number of hydrogen-bond donors (Lipinski definition) is 0. The molecule has 2 aromatic rings. The maximum Gasteiger partial charge on any atom is 0.228 e. The van der Waals surface area contributed by atoms with Gasteiger partial charge in [0.05, 0.1) is 6.42 Å². The summed E-state index contributed by atoms with van der Waals surface area (Å²) in [6.45, 7) is 8.45. The van der Waals surface area contributed by atoms with E-state index in [1.807, 2.05) is 16.7 Å². The molecule has 33 heavy (non-hydrogen) atoms. The van der Waals surface area contributed by atoms with Crippen molar-refractivity contribution in [1.82, 2.24) is 14.9 Å². The van der Waals surface area contributed by atoms with E-state index in [4.69, 9.17) is 9.97 Å². The van der Waals surface area contributed by atoms with Crippen LogP contribution in [0.15, 0.2) is 18.2 Å². The Morgan fingerprint density at radius 1 is 1.06 bits per heavy atom.